The first-order valence-corrected chi connectivity index (χ1v) is 1.82. The molecule has 0 nitrogen and oxygen atoms in total. The van der Waals surface area contributed by atoms with E-state index in [1.165, 1.54) is 6.08 Å². The maximum Gasteiger partial charge on any atom is 1.00 e. The minimum absolute atomic E-state index is 0. The second-order valence-corrected chi connectivity index (χ2v) is 1.13. The molecular weight excluding hydrogens is 102 g/mol. The molecule has 0 heterocycles. The summed E-state index contributed by atoms with van der Waals surface area (Å²) in [6.45, 7) is 0. The second kappa shape index (κ2) is 3.42. The van der Waals surface area contributed by atoms with Crippen LogP contribution in [0.1, 0.15) is 6.42 Å². The summed E-state index contributed by atoms with van der Waals surface area (Å²) in [7, 11) is 0. The van der Waals surface area contributed by atoms with Crippen molar-refractivity contribution in [3.05, 3.63) is 24.1 Å². The van der Waals surface area contributed by atoms with E-state index in [4.69, 9.17) is 0 Å². The van der Waals surface area contributed by atoms with Crippen molar-refractivity contribution in [1.29, 1.82) is 0 Å². The van der Waals surface area contributed by atoms with Crippen molar-refractivity contribution < 1.29 is 33.9 Å². The molecule has 0 spiro atoms. The summed E-state index contributed by atoms with van der Waals surface area (Å²) in [4.78, 5) is 0. The van der Waals surface area contributed by atoms with Gasteiger partial charge >= 0.3 is 29.6 Å². The third-order valence-electron chi connectivity index (χ3n) is 0.653. The summed E-state index contributed by atoms with van der Waals surface area (Å²) in [5, 5.41) is 0. The van der Waals surface area contributed by atoms with Crippen molar-refractivity contribution in [2.45, 2.75) is 6.42 Å². The van der Waals surface area contributed by atoms with Gasteiger partial charge in [0.1, 0.15) is 0 Å². The van der Waals surface area contributed by atoms with Crippen LogP contribution in [0.25, 0.3) is 0 Å². The average Bonchev–Trinajstić information content (AvgIpc) is 1.86. The smallest absolute Gasteiger partial charge is 0.250 e. The Bertz CT molecular complexity index is 102. The third kappa shape index (κ3) is 2.27. The number of allylic oxidation sites excluding steroid dienone is 4. The van der Waals surface area contributed by atoms with Crippen LogP contribution in [0.15, 0.2) is 18.0 Å². The molecule has 1 aliphatic carbocycles. The van der Waals surface area contributed by atoms with Crippen LogP contribution in [-0.2, 0) is 0 Å². The monoisotopic (exact) mass is 106 g/mol. The fourth-order valence-corrected chi connectivity index (χ4v) is 0.378. The first-order chi connectivity index (χ1) is 2.89. The molecule has 1 rings (SSSR count). The van der Waals surface area contributed by atoms with Gasteiger partial charge in [0.15, 0.2) is 0 Å². The maximum atomic E-state index is 11.6. The molecule has 0 fully saturated rings. The van der Waals surface area contributed by atoms with Gasteiger partial charge in [-0.3, -0.25) is 0 Å². The Hall–Kier alpha value is 0.410. The van der Waals surface area contributed by atoms with Gasteiger partial charge in [-0.25, -0.2) is 10.5 Å². The zero-order valence-electron chi connectivity index (χ0n) is 4.24. The van der Waals surface area contributed by atoms with E-state index in [-0.39, 0.29) is 35.4 Å². The Labute approximate surface area is 64.4 Å². The molecule has 0 aromatic heterocycles. The molecule has 7 heavy (non-hydrogen) atoms. The van der Waals surface area contributed by atoms with Gasteiger partial charge in [-0.1, -0.05) is 0 Å². The molecule has 32 valence electrons. The van der Waals surface area contributed by atoms with E-state index in [0.29, 0.717) is 6.42 Å². The zero-order chi connectivity index (χ0) is 4.41. The van der Waals surface area contributed by atoms with E-state index < -0.39 is 0 Å². The van der Waals surface area contributed by atoms with E-state index in [1.54, 1.807) is 6.08 Å². The Balaban J connectivity index is 0.000000360. The standard InChI is InChI=1S/C5H4F.Na/c6-5-3-1-2-4-5;/h1,3H,2H2;/q-1;+1. The van der Waals surface area contributed by atoms with Gasteiger partial charge in [-0.05, 0) is 5.83 Å². The van der Waals surface area contributed by atoms with Gasteiger partial charge in [-0.15, -0.1) is 6.42 Å². The van der Waals surface area contributed by atoms with Gasteiger partial charge in [0.2, 0.25) is 0 Å². The summed E-state index contributed by atoms with van der Waals surface area (Å²) in [6, 6.07) is 0. The Morgan fingerprint density at radius 3 is 2.57 bits per heavy atom. The first kappa shape index (κ1) is 7.41. The Morgan fingerprint density at radius 2 is 2.43 bits per heavy atom. The maximum absolute atomic E-state index is 11.6. The van der Waals surface area contributed by atoms with Crippen molar-refractivity contribution in [3.8, 4) is 0 Å². The normalized spacial score (nSPS) is 15.9. The summed E-state index contributed by atoms with van der Waals surface area (Å²) in [6.07, 6.45) is 6.25. The minimum atomic E-state index is -0.227. The predicted molar refractivity (Wildman–Crippen MR) is 21.6 cm³/mol. The molecule has 0 atom stereocenters. The quantitative estimate of drug-likeness (QED) is 0.263. The van der Waals surface area contributed by atoms with E-state index >= 15 is 0 Å². The van der Waals surface area contributed by atoms with Gasteiger partial charge in [0.25, 0.3) is 0 Å². The SMILES string of the molecule is FC1=[C-]CC=C1.[Na+]. The van der Waals surface area contributed by atoms with Crippen LogP contribution in [0.5, 0.6) is 0 Å². The molecule has 0 amide bonds. The van der Waals surface area contributed by atoms with Crippen molar-refractivity contribution in [3.63, 3.8) is 0 Å². The van der Waals surface area contributed by atoms with Gasteiger partial charge < -0.3 is 0 Å². The Morgan fingerprint density at radius 1 is 1.71 bits per heavy atom. The van der Waals surface area contributed by atoms with E-state index in [9.17, 15) is 4.39 Å². The molecule has 0 saturated carbocycles. The zero-order valence-corrected chi connectivity index (χ0v) is 6.24. The summed E-state index contributed by atoms with van der Waals surface area (Å²) in [5.74, 6) is -0.227. The molecule has 1 aliphatic rings. The number of rotatable bonds is 0. The Kier molecular flexibility index (Phi) is 3.62. The molecule has 0 unspecified atom stereocenters. The molecule has 0 bridgehead atoms. The van der Waals surface area contributed by atoms with Crippen molar-refractivity contribution in [2.75, 3.05) is 0 Å². The van der Waals surface area contributed by atoms with Crippen molar-refractivity contribution in [1.82, 2.24) is 0 Å². The fourth-order valence-electron chi connectivity index (χ4n) is 0.378. The van der Waals surface area contributed by atoms with E-state index in [0.717, 1.165) is 0 Å². The topological polar surface area (TPSA) is 0 Å². The van der Waals surface area contributed by atoms with Crippen LogP contribution in [0.4, 0.5) is 4.39 Å². The van der Waals surface area contributed by atoms with Crippen LogP contribution in [0.2, 0.25) is 0 Å². The minimum Gasteiger partial charge on any atom is -0.250 e. The average molecular weight is 106 g/mol. The molecular formula is C5H4FNa. The molecule has 0 aromatic rings. The van der Waals surface area contributed by atoms with Gasteiger partial charge in [0, 0.05) is 0 Å². The summed E-state index contributed by atoms with van der Waals surface area (Å²) in [5.41, 5.74) is 0. The largest absolute Gasteiger partial charge is 1.00 e. The fraction of sp³-hybridized carbons (Fsp3) is 0.200. The van der Waals surface area contributed by atoms with Crippen LogP contribution in [0, 0.1) is 6.08 Å². The molecule has 0 saturated heterocycles. The molecule has 0 aromatic carbocycles. The summed E-state index contributed by atoms with van der Waals surface area (Å²) < 4.78 is 11.6. The number of hydrogen-bond acceptors (Lipinski definition) is 0. The van der Waals surface area contributed by atoms with Crippen LogP contribution in [-0.4, -0.2) is 0 Å². The predicted octanol–water partition coefficient (Wildman–Crippen LogP) is -1.39. The molecule has 0 radical (unpaired) electrons. The van der Waals surface area contributed by atoms with Crippen LogP contribution >= 0.6 is 0 Å². The molecule has 0 N–H and O–H groups in total. The third-order valence-corrected chi connectivity index (χ3v) is 0.653. The van der Waals surface area contributed by atoms with E-state index in [2.05, 4.69) is 6.08 Å². The van der Waals surface area contributed by atoms with Gasteiger partial charge in [0.05, 0.1) is 0 Å². The first-order valence-electron chi connectivity index (χ1n) is 1.82. The number of halogens is 1. The summed E-state index contributed by atoms with van der Waals surface area (Å²) >= 11 is 0. The van der Waals surface area contributed by atoms with Gasteiger partial charge in [-0.2, -0.15) is 12.2 Å². The molecule has 2 heteroatoms. The van der Waals surface area contributed by atoms with Crippen LogP contribution in [0.3, 0.4) is 0 Å². The van der Waals surface area contributed by atoms with Crippen molar-refractivity contribution in [2.24, 2.45) is 0 Å². The molecule has 0 aliphatic heterocycles. The number of hydrogen-bond donors (Lipinski definition) is 0. The van der Waals surface area contributed by atoms with Crippen molar-refractivity contribution >= 4 is 0 Å². The second-order valence-electron chi connectivity index (χ2n) is 1.13. The van der Waals surface area contributed by atoms with E-state index in [1.807, 2.05) is 0 Å². The van der Waals surface area contributed by atoms with Crippen LogP contribution < -0.4 is 29.6 Å².